The van der Waals surface area contributed by atoms with Crippen LogP contribution in [0.5, 0.6) is 0 Å². The summed E-state index contributed by atoms with van der Waals surface area (Å²) < 4.78 is 0. The lowest BCUT2D eigenvalue weighted by Crippen LogP contribution is -2.43. The summed E-state index contributed by atoms with van der Waals surface area (Å²) in [7, 11) is 2.27. The third kappa shape index (κ3) is 1.89. The topological polar surface area (TPSA) is 15.3 Å². The van der Waals surface area contributed by atoms with Gasteiger partial charge < -0.3 is 10.2 Å². The normalized spacial score (nSPS) is 42.5. The lowest BCUT2D eigenvalue weighted by Gasteiger charge is -2.36. The van der Waals surface area contributed by atoms with Crippen LogP contribution in [-0.2, 0) is 0 Å². The van der Waals surface area contributed by atoms with Gasteiger partial charge in [-0.05, 0) is 32.7 Å². The number of likely N-dealkylation sites (N-methyl/N-ethyl adjacent to an activating group) is 1. The van der Waals surface area contributed by atoms with Crippen LogP contribution in [0.15, 0.2) is 0 Å². The van der Waals surface area contributed by atoms with Gasteiger partial charge in [0.25, 0.3) is 0 Å². The Morgan fingerprint density at radius 1 is 1.23 bits per heavy atom. The second-order valence-corrected chi connectivity index (χ2v) is 4.73. The van der Waals surface area contributed by atoms with Gasteiger partial charge in [-0.25, -0.2) is 0 Å². The fraction of sp³-hybridized carbons (Fsp3) is 1.00. The van der Waals surface area contributed by atoms with Crippen molar-refractivity contribution in [2.45, 2.75) is 44.7 Å². The van der Waals surface area contributed by atoms with Crippen LogP contribution in [0.3, 0.4) is 0 Å². The van der Waals surface area contributed by atoms with Crippen molar-refractivity contribution in [1.29, 1.82) is 0 Å². The van der Waals surface area contributed by atoms with Crippen LogP contribution in [0, 0.1) is 5.92 Å². The molecule has 0 amide bonds. The molecule has 2 heteroatoms. The maximum Gasteiger partial charge on any atom is 0.0111 e. The van der Waals surface area contributed by atoms with Gasteiger partial charge in [-0.15, -0.1) is 0 Å². The minimum atomic E-state index is 0.778. The first-order valence-electron chi connectivity index (χ1n) is 5.72. The minimum absolute atomic E-state index is 0.778. The maximum absolute atomic E-state index is 3.70. The predicted molar refractivity (Wildman–Crippen MR) is 55.8 cm³/mol. The molecule has 0 aromatic heterocycles. The molecule has 2 nitrogen and oxygen atoms in total. The van der Waals surface area contributed by atoms with Gasteiger partial charge in [-0.3, -0.25) is 0 Å². The highest BCUT2D eigenvalue weighted by Gasteiger charge is 2.32. The molecule has 13 heavy (non-hydrogen) atoms. The van der Waals surface area contributed by atoms with Crippen LogP contribution in [0.2, 0.25) is 0 Å². The van der Waals surface area contributed by atoms with Gasteiger partial charge in [0, 0.05) is 25.2 Å². The van der Waals surface area contributed by atoms with Gasteiger partial charge in [0.1, 0.15) is 0 Å². The molecule has 1 aliphatic heterocycles. The molecule has 2 aliphatic rings. The molecule has 1 saturated heterocycles. The van der Waals surface area contributed by atoms with Crippen LogP contribution < -0.4 is 5.32 Å². The Kier molecular flexibility index (Phi) is 2.89. The molecule has 0 spiro atoms. The first-order chi connectivity index (χ1) is 6.29. The molecule has 1 heterocycles. The zero-order valence-electron chi connectivity index (χ0n) is 8.92. The molecule has 1 unspecified atom stereocenters. The highest BCUT2D eigenvalue weighted by Crippen LogP contribution is 2.30. The first-order valence-corrected chi connectivity index (χ1v) is 5.72. The Bertz CT molecular complexity index is 167. The molecule has 3 atom stereocenters. The number of nitrogens with zero attached hydrogens (tertiary/aromatic N) is 1. The number of fused-ring (bicyclic) bond motifs is 1. The van der Waals surface area contributed by atoms with Gasteiger partial charge in [0.2, 0.25) is 0 Å². The SMILES string of the molecule is C[C@H]1[C@@H]2CCCCC2NCCN1C. The van der Waals surface area contributed by atoms with Crippen molar-refractivity contribution in [3.63, 3.8) is 0 Å². The van der Waals surface area contributed by atoms with Gasteiger partial charge >= 0.3 is 0 Å². The van der Waals surface area contributed by atoms with Gasteiger partial charge in [-0.1, -0.05) is 12.8 Å². The Hall–Kier alpha value is -0.0800. The summed E-state index contributed by atoms with van der Waals surface area (Å²) in [6, 6.07) is 1.59. The van der Waals surface area contributed by atoms with Crippen LogP contribution >= 0.6 is 0 Å². The standard InChI is InChI=1S/C11H22N2/c1-9-10-5-3-4-6-11(10)12-7-8-13(9)2/h9-12H,3-8H2,1-2H3/t9-,10-,11?/m0/s1. The van der Waals surface area contributed by atoms with E-state index >= 15 is 0 Å². The minimum Gasteiger partial charge on any atom is -0.312 e. The summed E-state index contributed by atoms with van der Waals surface area (Å²) in [6.07, 6.45) is 5.72. The van der Waals surface area contributed by atoms with Crippen molar-refractivity contribution in [2.24, 2.45) is 5.92 Å². The second kappa shape index (κ2) is 3.97. The van der Waals surface area contributed by atoms with Crippen LogP contribution in [-0.4, -0.2) is 37.1 Å². The zero-order valence-corrected chi connectivity index (χ0v) is 8.92. The fourth-order valence-corrected chi connectivity index (χ4v) is 2.95. The summed E-state index contributed by atoms with van der Waals surface area (Å²) >= 11 is 0. The molecule has 2 rings (SSSR count). The lowest BCUT2D eigenvalue weighted by molar-refractivity contribution is 0.162. The summed E-state index contributed by atoms with van der Waals surface area (Å²) in [5.74, 6) is 0.904. The molecular formula is C11H22N2. The Morgan fingerprint density at radius 3 is 2.85 bits per heavy atom. The van der Waals surface area contributed by atoms with Crippen LogP contribution in [0.1, 0.15) is 32.6 Å². The molecule has 76 valence electrons. The average molecular weight is 182 g/mol. The van der Waals surface area contributed by atoms with Gasteiger partial charge in [-0.2, -0.15) is 0 Å². The first kappa shape index (κ1) is 9.47. The predicted octanol–water partition coefficient (Wildman–Crippen LogP) is 1.47. The van der Waals surface area contributed by atoms with E-state index < -0.39 is 0 Å². The molecule has 0 bridgehead atoms. The smallest absolute Gasteiger partial charge is 0.0111 e. The Labute approximate surface area is 81.7 Å². The van der Waals surface area contributed by atoms with Crippen molar-refractivity contribution in [1.82, 2.24) is 10.2 Å². The molecular weight excluding hydrogens is 160 g/mol. The van der Waals surface area contributed by atoms with Crippen molar-refractivity contribution in [3.05, 3.63) is 0 Å². The largest absolute Gasteiger partial charge is 0.312 e. The Balaban J connectivity index is 2.06. The monoisotopic (exact) mass is 182 g/mol. The van der Waals surface area contributed by atoms with E-state index in [1.807, 2.05) is 0 Å². The third-order valence-electron chi connectivity index (χ3n) is 4.01. The molecule has 0 aromatic carbocycles. The zero-order chi connectivity index (χ0) is 9.26. The van der Waals surface area contributed by atoms with E-state index in [1.165, 1.54) is 38.8 Å². The van der Waals surface area contributed by atoms with Crippen molar-refractivity contribution in [3.8, 4) is 0 Å². The van der Waals surface area contributed by atoms with Crippen molar-refractivity contribution in [2.75, 3.05) is 20.1 Å². The van der Waals surface area contributed by atoms with E-state index in [9.17, 15) is 0 Å². The summed E-state index contributed by atoms with van der Waals surface area (Å²) in [5, 5.41) is 3.70. The van der Waals surface area contributed by atoms with E-state index in [0.29, 0.717) is 0 Å². The fourth-order valence-electron chi connectivity index (χ4n) is 2.95. The van der Waals surface area contributed by atoms with E-state index in [4.69, 9.17) is 0 Å². The number of rotatable bonds is 0. The summed E-state index contributed by atoms with van der Waals surface area (Å²) in [6.45, 7) is 4.80. The summed E-state index contributed by atoms with van der Waals surface area (Å²) in [4.78, 5) is 2.52. The van der Waals surface area contributed by atoms with Crippen molar-refractivity contribution >= 4 is 0 Å². The molecule has 1 saturated carbocycles. The number of hydrogen-bond donors (Lipinski definition) is 1. The second-order valence-electron chi connectivity index (χ2n) is 4.73. The van der Waals surface area contributed by atoms with Gasteiger partial charge in [0.15, 0.2) is 0 Å². The maximum atomic E-state index is 3.70. The van der Waals surface area contributed by atoms with Gasteiger partial charge in [0.05, 0.1) is 0 Å². The quantitative estimate of drug-likeness (QED) is 0.610. The third-order valence-corrected chi connectivity index (χ3v) is 4.01. The van der Waals surface area contributed by atoms with E-state index in [2.05, 4.69) is 24.2 Å². The van der Waals surface area contributed by atoms with Crippen LogP contribution in [0.25, 0.3) is 0 Å². The van der Waals surface area contributed by atoms with E-state index in [-0.39, 0.29) is 0 Å². The average Bonchev–Trinajstić information content (AvgIpc) is 2.29. The lowest BCUT2D eigenvalue weighted by atomic mass is 9.80. The molecule has 0 radical (unpaired) electrons. The Morgan fingerprint density at radius 2 is 2.00 bits per heavy atom. The van der Waals surface area contributed by atoms with Crippen LogP contribution in [0.4, 0.5) is 0 Å². The highest BCUT2D eigenvalue weighted by atomic mass is 15.2. The molecule has 2 fully saturated rings. The van der Waals surface area contributed by atoms with Crippen molar-refractivity contribution < 1.29 is 0 Å². The molecule has 1 N–H and O–H groups in total. The number of nitrogens with one attached hydrogen (secondary N) is 1. The summed E-state index contributed by atoms with van der Waals surface area (Å²) in [5.41, 5.74) is 0. The van der Waals surface area contributed by atoms with E-state index in [0.717, 1.165) is 18.0 Å². The number of hydrogen-bond acceptors (Lipinski definition) is 2. The van der Waals surface area contributed by atoms with E-state index in [1.54, 1.807) is 0 Å². The molecule has 0 aromatic rings. The molecule has 1 aliphatic carbocycles. The highest BCUT2D eigenvalue weighted by molar-refractivity contribution is 4.90.